The van der Waals surface area contributed by atoms with Crippen LogP contribution < -0.4 is 5.32 Å². The molecule has 0 heterocycles. The minimum atomic E-state index is 0.713. The van der Waals surface area contributed by atoms with Crippen LogP contribution in [-0.2, 0) is 12.8 Å². The highest BCUT2D eigenvalue weighted by atomic mass is 14.9. The topological polar surface area (TPSA) is 12.0 Å². The van der Waals surface area contributed by atoms with Crippen molar-refractivity contribution in [3.63, 3.8) is 0 Å². The number of hydrogen-bond donors (Lipinski definition) is 1. The Morgan fingerprint density at radius 1 is 1.22 bits per heavy atom. The molecule has 1 heteroatoms. The SMILES string of the molecule is CCCCCC(NC)C1CCc2ccccc2C1. The standard InChI is InChI=1S/C17H27N/c1-3-4-5-10-17(18-2)16-12-11-14-8-6-7-9-15(14)13-16/h6-9,16-18H,3-5,10-13H2,1-2H3. The molecule has 1 aliphatic rings. The van der Waals surface area contributed by atoms with Crippen molar-refractivity contribution >= 4 is 0 Å². The summed E-state index contributed by atoms with van der Waals surface area (Å²) in [7, 11) is 2.14. The Morgan fingerprint density at radius 3 is 2.72 bits per heavy atom. The molecule has 0 aromatic heterocycles. The normalized spacial score (nSPS) is 20.4. The van der Waals surface area contributed by atoms with Gasteiger partial charge in [0.2, 0.25) is 0 Å². The van der Waals surface area contributed by atoms with E-state index in [0.29, 0.717) is 6.04 Å². The molecule has 18 heavy (non-hydrogen) atoms. The lowest BCUT2D eigenvalue weighted by atomic mass is 9.78. The molecule has 1 aromatic rings. The van der Waals surface area contributed by atoms with Crippen molar-refractivity contribution in [2.45, 2.75) is 57.9 Å². The highest BCUT2D eigenvalue weighted by Crippen LogP contribution is 2.29. The second-order valence-corrected chi connectivity index (χ2v) is 5.66. The van der Waals surface area contributed by atoms with Crippen LogP contribution in [0, 0.1) is 5.92 Å². The zero-order valence-corrected chi connectivity index (χ0v) is 11.9. The summed E-state index contributed by atoms with van der Waals surface area (Å²) in [5, 5.41) is 3.56. The van der Waals surface area contributed by atoms with Crippen LogP contribution in [0.5, 0.6) is 0 Å². The van der Waals surface area contributed by atoms with Crippen molar-refractivity contribution in [3.8, 4) is 0 Å². The Balaban J connectivity index is 1.93. The van der Waals surface area contributed by atoms with Crippen LogP contribution in [-0.4, -0.2) is 13.1 Å². The van der Waals surface area contributed by atoms with Crippen molar-refractivity contribution in [2.24, 2.45) is 5.92 Å². The van der Waals surface area contributed by atoms with E-state index in [1.54, 1.807) is 11.1 Å². The molecular weight excluding hydrogens is 218 g/mol. The van der Waals surface area contributed by atoms with Crippen LogP contribution >= 0.6 is 0 Å². The molecule has 0 fully saturated rings. The summed E-state index contributed by atoms with van der Waals surface area (Å²) in [4.78, 5) is 0. The van der Waals surface area contributed by atoms with E-state index in [1.807, 2.05) is 0 Å². The van der Waals surface area contributed by atoms with Gasteiger partial charge in [-0.05, 0) is 49.8 Å². The summed E-state index contributed by atoms with van der Waals surface area (Å²) in [6.07, 6.45) is 9.32. The molecule has 1 aliphatic carbocycles. The van der Waals surface area contributed by atoms with E-state index >= 15 is 0 Å². The lowest BCUT2D eigenvalue weighted by Crippen LogP contribution is -2.36. The number of fused-ring (bicyclic) bond motifs is 1. The van der Waals surface area contributed by atoms with E-state index in [-0.39, 0.29) is 0 Å². The maximum Gasteiger partial charge on any atom is 0.00956 e. The third kappa shape index (κ3) is 3.35. The highest BCUT2D eigenvalue weighted by molar-refractivity contribution is 5.29. The molecule has 0 radical (unpaired) electrons. The zero-order valence-electron chi connectivity index (χ0n) is 11.9. The van der Waals surface area contributed by atoms with Crippen LogP contribution in [0.25, 0.3) is 0 Å². The summed E-state index contributed by atoms with van der Waals surface area (Å²) >= 11 is 0. The molecule has 0 aliphatic heterocycles. The summed E-state index contributed by atoms with van der Waals surface area (Å²) in [5.41, 5.74) is 3.17. The molecule has 0 bridgehead atoms. The molecule has 0 spiro atoms. The Labute approximate surface area is 112 Å². The molecule has 1 N–H and O–H groups in total. The van der Waals surface area contributed by atoms with Crippen molar-refractivity contribution in [2.75, 3.05) is 7.05 Å². The molecule has 1 nitrogen and oxygen atoms in total. The molecule has 0 amide bonds. The molecule has 2 atom stereocenters. The average Bonchev–Trinajstić information content (AvgIpc) is 2.43. The molecule has 100 valence electrons. The second-order valence-electron chi connectivity index (χ2n) is 5.66. The lowest BCUT2D eigenvalue weighted by molar-refractivity contribution is 0.312. The molecule has 0 saturated carbocycles. The van der Waals surface area contributed by atoms with Crippen LogP contribution in [0.3, 0.4) is 0 Å². The Bertz CT molecular complexity index is 358. The third-order valence-corrected chi connectivity index (χ3v) is 4.44. The summed E-state index contributed by atoms with van der Waals surface area (Å²) in [6, 6.07) is 9.70. The van der Waals surface area contributed by atoms with Gasteiger partial charge < -0.3 is 5.32 Å². The maximum absolute atomic E-state index is 3.56. The van der Waals surface area contributed by atoms with E-state index < -0.39 is 0 Å². The fraction of sp³-hybridized carbons (Fsp3) is 0.647. The van der Waals surface area contributed by atoms with Gasteiger partial charge >= 0.3 is 0 Å². The fourth-order valence-corrected chi connectivity index (χ4v) is 3.30. The third-order valence-electron chi connectivity index (χ3n) is 4.44. The number of unbranched alkanes of at least 4 members (excludes halogenated alkanes) is 2. The molecule has 0 saturated heterocycles. The van der Waals surface area contributed by atoms with E-state index in [4.69, 9.17) is 0 Å². The van der Waals surface area contributed by atoms with Gasteiger partial charge in [0.1, 0.15) is 0 Å². The number of aryl methyl sites for hydroxylation is 1. The number of rotatable bonds is 6. The highest BCUT2D eigenvalue weighted by Gasteiger charge is 2.24. The van der Waals surface area contributed by atoms with E-state index in [1.165, 1.54) is 44.9 Å². The minimum Gasteiger partial charge on any atom is -0.317 e. The molecule has 2 unspecified atom stereocenters. The summed E-state index contributed by atoms with van der Waals surface area (Å²) < 4.78 is 0. The first kappa shape index (κ1) is 13.6. The number of benzene rings is 1. The van der Waals surface area contributed by atoms with Crippen molar-refractivity contribution in [3.05, 3.63) is 35.4 Å². The maximum atomic E-state index is 3.56. The Morgan fingerprint density at radius 2 is 2.00 bits per heavy atom. The fourth-order valence-electron chi connectivity index (χ4n) is 3.30. The summed E-state index contributed by atoms with van der Waals surface area (Å²) in [5.74, 6) is 0.835. The van der Waals surface area contributed by atoms with Crippen LogP contribution in [0.4, 0.5) is 0 Å². The van der Waals surface area contributed by atoms with Crippen molar-refractivity contribution in [1.82, 2.24) is 5.32 Å². The lowest BCUT2D eigenvalue weighted by Gasteiger charge is -2.31. The first-order chi connectivity index (χ1) is 8.85. The Kier molecular flexibility index (Phi) is 5.25. The van der Waals surface area contributed by atoms with Crippen LogP contribution in [0.2, 0.25) is 0 Å². The minimum absolute atomic E-state index is 0.713. The molecule has 2 rings (SSSR count). The van der Waals surface area contributed by atoms with Crippen molar-refractivity contribution < 1.29 is 0 Å². The predicted molar refractivity (Wildman–Crippen MR) is 78.9 cm³/mol. The molecule has 1 aromatic carbocycles. The van der Waals surface area contributed by atoms with Gasteiger partial charge in [0.15, 0.2) is 0 Å². The first-order valence-electron chi connectivity index (χ1n) is 7.59. The van der Waals surface area contributed by atoms with Gasteiger partial charge in [-0.15, -0.1) is 0 Å². The largest absolute Gasteiger partial charge is 0.317 e. The number of nitrogens with one attached hydrogen (secondary N) is 1. The second kappa shape index (κ2) is 6.94. The van der Waals surface area contributed by atoms with E-state index in [9.17, 15) is 0 Å². The average molecular weight is 245 g/mol. The summed E-state index contributed by atoms with van der Waals surface area (Å²) in [6.45, 7) is 2.28. The Hall–Kier alpha value is -0.820. The van der Waals surface area contributed by atoms with Crippen molar-refractivity contribution in [1.29, 1.82) is 0 Å². The monoisotopic (exact) mass is 245 g/mol. The quantitative estimate of drug-likeness (QED) is 0.748. The van der Waals surface area contributed by atoms with Gasteiger partial charge in [-0.1, -0.05) is 50.5 Å². The van der Waals surface area contributed by atoms with Gasteiger partial charge in [-0.3, -0.25) is 0 Å². The zero-order chi connectivity index (χ0) is 12.8. The number of hydrogen-bond acceptors (Lipinski definition) is 1. The predicted octanol–water partition coefficient (Wildman–Crippen LogP) is 3.96. The van der Waals surface area contributed by atoms with E-state index in [2.05, 4.69) is 43.6 Å². The molecular formula is C17H27N. The van der Waals surface area contributed by atoms with Crippen LogP contribution in [0.1, 0.15) is 50.2 Å². The van der Waals surface area contributed by atoms with Gasteiger partial charge in [0, 0.05) is 6.04 Å². The van der Waals surface area contributed by atoms with Gasteiger partial charge in [-0.2, -0.15) is 0 Å². The van der Waals surface area contributed by atoms with Crippen LogP contribution in [0.15, 0.2) is 24.3 Å². The van der Waals surface area contributed by atoms with Gasteiger partial charge in [0.05, 0.1) is 0 Å². The van der Waals surface area contributed by atoms with Gasteiger partial charge in [0.25, 0.3) is 0 Å². The van der Waals surface area contributed by atoms with E-state index in [0.717, 1.165) is 5.92 Å². The van der Waals surface area contributed by atoms with Gasteiger partial charge in [-0.25, -0.2) is 0 Å². The smallest absolute Gasteiger partial charge is 0.00956 e. The first-order valence-corrected chi connectivity index (χ1v) is 7.59.